The van der Waals surface area contributed by atoms with Gasteiger partial charge < -0.3 is 0 Å². The lowest BCUT2D eigenvalue weighted by atomic mass is 9.90. The minimum Gasteiger partial charge on any atom is -0.299 e. The first-order valence-corrected chi connectivity index (χ1v) is 7.75. The van der Waals surface area contributed by atoms with Gasteiger partial charge in [-0.15, -0.1) is 0 Å². The van der Waals surface area contributed by atoms with E-state index in [0.29, 0.717) is 12.2 Å². The fraction of sp³-hybridized carbons (Fsp3) is 0.421. The molecule has 20 heavy (non-hydrogen) atoms. The number of carbonyl (C=O) groups is 1. The minimum absolute atomic E-state index is 0.237. The van der Waals surface area contributed by atoms with E-state index in [4.69, 9.17) is 0 Å². The molecule has 0 N–H and O–H groups in total. The first kappa shape index (κ1) is 14.8. The highest BCUT2D eigenvalue weighted by Gasteiger charge is 2.16. The van der Waals surface area contributed by atoms with Crippen LogP contribution in [0.1, 0.15) is 45.1 Å². The zero-order chi connectivity index (χ0) is 14.4. The van der Waals surface area contributed by atoms with Crippen molar-refractivity contribution >= 4 is 16.6 Å². The molecule has 0 aliphatic heterocycles. The smallest absolute Gasteiger partial charge is 0.140 e. The van der Waals surface area contributed by atoms with Crippen molar-refractivity contribution in [3.05, 3.63) is 48.0 Å². The lowest BCUT2D eigenvalue weighted by molar-refractivity contribution is -0.122. The molecular formula is C19H24O. The van der Waals surface area contributed by atoms with Gasteiger partial charge >= 0.3 is 0 Å². The third-order valence-electron chi connectivity index (χ3n) is 4.05. The van der Waals surface area contributed by atoms with Crippen LogP contribution < -0.4 is 0 Å². The Hall–Kier alpha value is -1.63. The molecule has 0 heterocycles. The Balaban J connectivity index is 2.08. The second-order valence-corrected chi connectivity index (χ2v) is 5.57. The molecule has 0 aliphatic carbocycles. The topological polar surface area (TPSA) is 17.1 Å². The Morgan fingerprint density at radius 1 is 1.05 bits per heavy atom. The Morgan fingerprint density at radius 3 is 2.50 bits per heavy atom. The van der Waals surface area contributed by atoms with E-state index in [1.165, 1.54) is 17.2 Å². The van der Waals surface area contributed by atoms with E-state index >= 15 is 0 Å². The average molecular weight is 268 g/mol. The Labute approximate surface area is 122 Å². The number of Topliss-reactive ketones (excluding diaryl/α,β-unsaturated/α-hetero) is 1. The molecule has 0 amide bonds. The van der Waals surface area contributed by atoms with E-state index in [0.717, 1.165) is 24.8 Å². The standard InChI is InChI=1S/C19H24O/c1-3-5-8-16(4-2)19(20)14-15-11-12-17-9-6-7-10-18(17)13-15/h6-7,9-13,16H,3-5,8,14H2,1-2H3. The normalized spacial score (nSPS) is 12.5. The van der Waals surface area contributed by atoms with Crippen molar-refractivity contribution in [2.75, 3.05) is 0 Å². The summed E-state index contributed by atoms with van der Waals surface area (Å²) >= 11 is 0. The molecule has 0 saturated heterocycles. The van der Waals surface area contributed by atoms with Crippen LogP contribution in [0, 0.1) is 5.92 Å². The maximum atomic E-state index is 12.4. The van der Waals surface area contributed by atoms with E-state index in [1.54, 1.807) is 0 Å². The van der Waals surface area contributed by atoms with Gasteiger partial charge in [0.25, 0.3) is 0 Å². The van der Waals surface area contributed by atoms with E-state index in [-0.39, 0.29) is 5.92 Å². The van der Waals surface area contributed by atoms with Crippen LogP contribution in [0.4, 0.5) is 0 Å². The third-order valence-corrected chi connectivity index (χ3v) is 4.05. The maximum Gasteiger partial charge on any atom is 0.140 e. The van der Waals surface area contributed by atoms with Crippen LogP contribution >= 0.6 is 0 Å². The van der Waals surface area contributed by atoms with E-state index in [1.807, 2.05) is 12.1 Å². The van der Waals surface area contributed by atoms with Gasteiger partial charge in [-0.2, -0.15) is 0 Å². The van der Waals surface area contributed by atoms with Gasteiger partial charge in [0.15, 0.2) is 0 Å². The molecule has 2 aromatic carbocycles. The summed E-state index contributed by atoms with van der Waals surface area (Å²) in [5, 5.41) is 2.46. The number of benzene rings is 2. The van der Waals surface area contributed by atoms with Crippen molar-refractivity contribution in [1.82, 2.24) is 0 Å². The molecule has 1 nitrogen and oxygen atoms in total. The quantitative estimate of drug-likeness (QED) is 0.677. The molecule has 0 aromatic heterocycles. The van der Waals surface area contributed by atoms with Gasteiger partial charge in [-0.3, -0.25) is 4.79 Å². The zero-order valence-corrected chi connectivity index (χ0v) is 12.6. The van der Waals surface area contributed by atoms with Gasteiger partial charge in [-0.1, -0.05) is 69.2 Å². The predicted molar refractivity (Wildman–Crippen MR) is 86.0 cm³/mol. The van der Waals surface area contributed by atoms with Crippen LogP contribution in [0.2, 0.25) is 0 Å². The highest BCUT2D eigenvalue weighted by Crippen LogP contribution is 2.19. The summed E-state index contributed by atoms with van der Waals surface area (Å²) in [6.45, 7) is 4.30. The summed E-state index contributed by atoms with van der Waals surface area (Å²) in [5.41, 5.74) is 1.14. The molecule has 0 fully saturated rings. The number of hydrogen-bond acceptors (Lipinski definition) is 1. The fourth-order valence-electron chi connectivity index (χ4n) is 2.74. The van der Waals surface area contributed by atoms with Crippen molar-refractivity contribution in [3.8, 4) is 0 Å². The second kappa shape index (κ2) is 7.23. The zero-order valence-electron chi connectivity index (χ0n) is 12.6. The summed E-state index contributed by atoms with van der Waals surface area (Å²) in [7, 11) is 0. The van der Waals surface area contributed by atoms with E-state index in [2.05, 4.69) is 44.2 Å². The first-order chi connectivity index (χ1) is 9.74. The van der Waals surface area contributed by atoms with Crippen molar-refractivity contribution in [2.24, 2.45) is 5.92 Å². The highest BCUT2D eigenvalue weighted by atomic mass is 16.1. The van der Waals surface area contributed by atoms with Crippen LogP contribution in [0.15, 0.2) is 42.5 Å². The van der Waals surface area contributed by atoms with Gasteiger partial charge in [-0.25, -0.2) is 0 Å². The van der Waals surface area contributed by atoms with Gasteiger partial charge in [-0.05, 0) is 29.2 Å². The number of unbranched alkanes of at least 4 members (excludes halogenated alkanes) is 1. The maximum absolute atomic E-state index is 12.4. The first-order valence-electron chi connectivity index (χ1n) is 7.75. The van der Waals surface area contributed by atoms with Gasteiger partial charge in [0.2, 0.25) is 0 Å². The number of carbonyl (C=O) groups excluding carboxylic acids is 1. The summed E-state index contributed by atoms with van der Waals surface area (Å²) in [6, 6.07) is 14.7. The van der Waals surface area contributed by atoms with Crippen LogP contribution in [-0.4, -0.2) is 5.78 Å². The van der Waals surface area contributed by atoms with Crippen molar-refractivity contribution in [3.63, 3.8) is 0 Å². The second-order valence-electron chi connectivity index (χ2n) is 5.57. The predicted octanol–water partition coefficient (Wildman–Crippen LogP) is 5.17. The number of rotatable bonds is 7. The monoisotopic (exact) mass is 268 g/mol. The lowest BCUT2D eigenvalue weighted by Crippen LogP contribution is -2.16. The summed E-state index contributed by atoms with van der Waals surface area (Å²) in [5.74, 6) is 0.637. The molecule has 0 bridgehead atoms. The fourth-order valence-corrected chi connectivity index (χ4v) is 2.74. The number of ketones is 1. The minimum atomic E-state index is 0.237. The molecule has 0 saturated carbocycles. The SMILES string of the molecule is CCCCC(CC)C(=O)Cc1ccc2ccccc2c1. The van der Waals surface area contributed by atoms with Crippen LogP contribution in [-0.2, 0) is 11.2 Å². The Kier molecular flexibility index (Phi) is 5.34. The molecule has 1 atom stereocenters. The molecular weight excluding hydrogens is 244 g/mol. The van der Waals surface area contributed by atoms with Crippen LogP contribution in [0.25, 0.3) is 10.8 Å². The summed E-state index contributed by atoms with van der Waals surface area (Å²) in [6.07, 6.45) is 4.90. The largest absolute Gasteiger partial charge is 0.299 e. The molecule has 0 radical (unpaired) electrons. The summed E-state index contributed by atoms with van der Waals surface area (Å²) in [4.78, 5) is 12.4. The molecule has 0 aliphatic rings. The average Bonchev–Trinajstić information content (AvgIpc) is 2.48. The molecule has 2 rings (SSSR count). The molecule has 0 spiro atoms. The highest BCUT2D eigenvalue weighted by molar-refractivity contribution is 5.87. The molecule has 1 unspecified atom stereocenters. The number of hydrogen-bond donors (Lipinski definition) is 0. The molecule has 106 valence electrons. The van der Waals surface area contributed by atoms with Crippen molar-refractivity contribution in [1.29, 1.82) is 0 Å². The molecule has 2 aromatic rings. The van der Waals surface area contributed by atoms with Gasteiger partial charge in [0.05, 0.1) is 0 Å². The number of fused-ring (bicyclic) bond motifs is 1. The Morgan fingerprint density at radius 2 is 1.80 bits per heavy atom. The van der Waals surface area contributed by atoms with E-state index in [9.17, 15) is 4.79 Å². The molecule has 1 heteroatoms. The van der Waals surface area contributed by atoms with E-state index < -0.39 is 0 Å². The summed E-state index contributed by atoms with van der Waals surface area (Å²) < 4.78 is 0. The third kappa shape index (κ3) is 3.69. The van der Waals surface area contributed by atoms with Crippen molar-refractivity contribution in [2.45, 2.75) is 46.0 Å². The lowest BCUT2D eigenvalue weighted by Gasteiger charge is -2.13. The van der Waals surface area contributed by atoms with Crippen LogP contribution in [0.5, 0.6) is 0 Å². The van der Waals surface area contributed by atoms with Gasteiger partial charge in [0.1, 0.15) is 5.78 Å². The Bertz CT molecular complexity index is 571. The van der Waals surface area contributed by atoms with Crippen LogP contribution in [0.3, 0.4) is 0 Å². The van der Waals surface area contributed by atoms with Gasteiger partial charge in [0, 0.05) is 12.3 Å². The van der Waals surface area contributed by atoms with Crippen molar-refractivity contribution < 1.29 is 4.79 Å².